The zero-order valence-corrected chi connectivity index (χ0v) is 24.0. The molecule has 0 bridgehead atoms. The summed E-state index contributed by atoms with van der Waals surface area (Å²) in [6, 6.07) is 22.3. The van der Waals surface area contributed by atoms with Crippen molar-refractivity contribution in [2.45, 2.75) is 50.8 Å². The average molecular weight is 573 g/mol. The summed E-state index contributed by atoms with van der Waals surface area (Å²) >= 11 is 0. The minimum absolute atomic E-state index is 0.00541. The Morgan fingerprint density at radius 2 is 1.64 bits per heavy atom. The van der Waals surface area contributed by atoms with Gasteiger partial charge in [-0.15, -0.1) is 6.58 Å². The van der Waals surface area contributed by atoms with Gasteiger partial charge in [0.25, 0.3) is 0 Å². The van der Waals surface area contributed by atoms with E-state index in [1.165, 1.54) is 0 Å². The van der Waals surface area contributed by atoms with Crippen LogP contribution in [0.4, 0.5) is 17.1 Å². The molecule has 3 aromatic rings. The van der Waals surface area contributed by atoms with Gasteiger partial charge in [-0.25, -0.2) is 0 Å². The number of nitrogen functional groups attached to an aromatic ring is 1. The number of nitrogens with zero attached hydrogens (tertiary/aromatic N) is 1. The SMILES string of the molecule is C=CCN(C)C[C@@H]1C[C@H](c2ccc(CO)cc2)O[C@H](c2ccc(NC(=O)CCCC(=O)Nc3ccccc3N)cc2)O1. The molecule has 1 fully saturated rings. The zero-order chi connectivity index (χ0) is 29.9. The summed E-state index contributed by atoms with van der Waals surface area (Å²) < 4.78 is 12.8. The van der Waals surface area contributed by atoms with Crippen LogP contribution in [0.15, 0.2) is 85.5 Å². The maximum Gasteiger partial charge on any atom is 0.224 e. The van der Waals surface area contributed by atoms with Crippen LogP contribution in [0.3, 0.4) is 0 Å². The maximum absolute atomic E-state index is 12.5. The number of benzene rings is 3. The second kappa shape index (κ2) is 15.3. The Balaban J connectivity index is 1.32. The van der Waals surface area contributed by atoms with Gasteiger partial charge in [0.05, 0.1) is 30.2 Å². The van der Waals surface area contributed by atoms with Crippen molar-refractivity contribution < 1.29 is 24.2 Å². The van der Waals surface area contributed by atoms with E-state index in [4.69, 9.17) is 15.2 Å². The van der Waals surface area contributed by atoms with Crippen LogP contribution in [-0.2, 0) is 25.7 Å². The highest BCUT2D eigenvalue weighted by Gasteiger charge is 2.32. The van der Waals surface area contributed by atoms with E-state index in [0.717, 1.165) is 29.8 Å². The predicted octanol–water partition coefficient (Wildman–Crippen LogP) is 5.17. The fraction of sp³-hybridized carbons (Fsp3) is 0.333. The molecule has 0 aliphatic carbocycles. The number of hydrogen-bond donors (Lipinski definition) is 4. The van der Waals surface area contributed by atoms with Gasteiger partial charge in [0.2, 0.25) is 11.8 Å². The van der Waals surface area contributed by atoms with Gasteiger partial charge in [0.1, 0.15) is 0 Å². The highest BCUT2D eigenvalue weighted by Crippen LogP contribution is 2.38. The lowest BCUT2D eigenvalue weighted by Crippen LogP contribution is -2.37. The Hall–Kier alpha value is -4.02. The van der Waals surface area contributed by atoms with E-state index in [2.05, 4.69) is 22.1 Å². The third kappa shape index (κ3) is 8.99. The van der Waals surface area contributed by atoms with Gasteiger partial charge in [0, 0.05) is 43.6 Å². The summed E-state index contributed by atoms with van der Waals surface area (Å²) in [5.41, 5.74) is 10.3. The summed E-state index contributed by atoms with van der Waals surface area (Å²) in [7, 11) is 2.03. The number of nitrogens with two attached hydrogens (primary N) is 1. The molecule has 1 saturated heterocycles. The first-order valence-electron chi connectivity index (χ1n) is 14.2. The number of likely N-dealkylation sites (N-methyl/N-ethyl adjacent to an activating group) is 1. The monoisotopic (exact) mass is 572 g/mol. The molecule has 9 heteroatoms. The molecule has 5 N–H and O–H groups in total. The molecular weight excluding hydrogens is 532 g/mol. The summed E-state index contributed by atoms with van der Waals surface area (Å²) in [6.07, 6.45) is 2.58. The quantitative estimate of drug-likeness (QED) is 0.164. The van der Waals surface area contributed by atoms with Gasteiger partial charge in [0.15, 0.2) is 6.29 Å². The molecule has 4 rings (SSSR count). The Kier molecular flexibility index (Phi) is 11.2. The number of amides is 2. The van der Waals surface area contributed by atoms with Crippen LogP contribution in [0.1, 0.15) is 54.8 Å². The fourth-order valence-electron chi connectivity index (χ4n) is 4.86. The van der Waals surface area contributed by atoms with Crippen LogP contribution in [0.5, 0.6) is 0 Å². The molecule has 0 unspecified atom stereocenters. The normalized spacial score (nSPS) is 18.4. The number of anilines is 3. The minimum Gasteiger partial charge on any atom is -0.397 e. The minimum atomic E-state index is -0.578. The first-order chi connectivity index (χ1) is 20.3. The van der Waals surface area contributed by atoms with Crippen molar-refractivity contribution in [3.63, 3.8) is 0 Å². The first-order valence-corrected chi connectivity index (χ1v) is 14.2. The number of ether oxygens (including phenoxy) is 2. The van der Waals surface area contributed by atoms with Crippen LogP contribution in [0, 0.1) is 0 Å². The lowest BCUT2D eigenvalue weighted by molar-refractivity contribution is -0.252. The predicted molar refractivity (Wildman–Crippen MR) is 165 cm³/mol. The van der Waals surface area contributed by atoms with Crippen molar-refractivity contribution in [3.8, 4) is 0 Å². The van der Waals surface area contributed by atoms with Crippen LogP contribution in [0.2, 0.25) is 0 Å². The number of carbonyl (C=O) groups excluding carboxylic acids is 2. The van der Waals surface area contributed by atoms with Crippen LogP contribution in [0.25, 0.3) is 0 Å². The van der Waals surface area contributed by atoms with Gasteiger partial charge < -0.3 is 35.8 Å². The molecule has 9 nitrogen and oxygen atoms in total. The second-order valence-corrected chi connectivity index (χ2v) is 10.5. The molecule has 0 spiro atoms. The maximum atomic E-state index is 12.5. The molecule has 42 heavy (non-hydrogen) atoms. The topological polar surface area (TPSA) is 126 Å². The highest BCUT2D eigenvalue weighted by molar-refractivity contribution is 5.94. The van der Waals surface area contributed by atoms with Crippen LogP contribution < -0.4 is 16.4 Å². The zero-order valence-electron chi connectivity index (χ0n) is 24.0. The summed E-state index contributed by atoms with van der Waals surface area (Å²) in [5, 5.41) is 15.1. The largest absolute Gasteiger partial charge is 0.397 e. The van der Waals surface area contributed by atoms with Crippen molar-refractivity contribution >= 4 is 28.9 Å². The van der Waals surface area contributed by atoms with Crippen LogP contribution in [-0.4, -0.2) is 48.1 Å². The van der Waals surface area contributed by atoms with Gasteiger partial charge >= 0.3 is 0 Å². The summed E-state index contributed by atoms with van der Waals surface area (Å²) in [5.74, 6) is -0.356. The molecule has 1 aliphatic heterocycles. The van der Waals surface area contributed by atoms with Gasteiger partial charge in [-0.1, -0.05) is 54.6 Å². The number of para-hydroxylation sites is 2. The third-order valence-corrected chi connectivity index (χ3v) is 7.08. The molecule has 2 amide bonds. The average Bonchev–Trinajstić information content (AvgIpc) is 2.98. The van der Waals surface area contributed by atoms with E-state index in [9.17, 15) is 14.7 Å². The van der Waals surface area contributed by atoms with Gasteiger partial charge in [-0.05, 0) is 48.9 Å². The van der Waals surface area contributed by atoms with Crippen molar-refractivity contribution in [1.29, 1.82) is 0 Å². The summed E-state index contributed by atoms with van der Waals surface area (Å²) in [4.78, 5) is 26.9. The standard InChI is InChI=1S/C33H40N4O5/c1-3-19-37(2)21-27-20-30(24-13-11-23(22-38)12-14-24)42-33(41-27)25-15-17-26(18-16-25)35-31(39)9-6-10-32(40)36-29-8-5-4-7-28(29)34/h3-5,7-8,11-18,27,30,33,38H,1,6,9-10,19-22,34H2,2H3,(H,35,39)(H,36,40)/t27-,30+,33+/m0/s1. The molecule has 1 aliphatic rings. The lowest BCUT2D eigenvalue weighted by Gasteiger charge is -2.37. The number of aliphatic hydroxyl groups is 1. The van der Waals surface area contributed by atoms with Crippen molar-refractivity contribution in [3.05, 3.63) is 102 Å². The van der Waals surface area contributed by atoms with Crippen LogP contribution >= 0.6 is 0 Å². The summed E-state index contributed by atoms with van der Waals surface area (Å²) in [6.45, 7) is 5.30. The number of aliphatic hydroxyl groups excluding tert-OH is 1. The molecule has 0 aromatic heterocycles. The van der Waals surface area contributed by atoms with Crippen molar-refractivity contribution in [2.75, 3.05) is 36.5 Å². The molecule has 0 radical (unpaired) electrons. The van der Waals surface area contributed by atoms with E-state index in [0.29, 0.717) is 29.9 Å². The smallest absolute Gasteiger partial charge is 0.224 e. The highest BCUT2D eigenvalue weighted by atomic mass is 16.7. The van der Waals surface area contributed by atoms with E-state index < -0.39 is 6.29 Å². The Morgan fingerprint density at radius 1 is 0.976 bits per heavy atom. The van der Waals surface area contributed by atoms with Gasteiger partial charge in [-0.3, -0.25) is 9.59 Å². The molecular formula is C33H40N4O5. The number of nitrogens with one attached hydrogen (secondary N) is 2. The second-order valence-electron chi connectivity index (χ2n) is 10.5. The van der Waals surface area contributed by atoms with Gasteiger partial charge in [-0.2, -0.15) is 0 Å². The third-order valence-electron chi connectivity index (χ3n) is 7.08. The molecule has 3 atom stereocenters. The first kappa shape index (κ1) is 30.9. The van der Waals surface area contributed by atoms with E-state index in [1.807, 2.05) is 61.7 Å². The number of carbonyl (C=O) groups is 2. The van der Waals surface area contributed by atoms with E-state index in [-0.39, 0.29) is 43.5 Å². The van der Waals surface area contributed by atoms with E-state index >= 15 is 0 Å². The van der Waals surface area contributed by atoms with Crippen molar-refractivity contribution in [2.24, 2.45) is 0 Å². The number of rotatable bonds is 13. The molecule has 222 valence electrons. The lowest BCUT2D eigenvalue weighted by atomic mass is 9.99. The van der Waals surface area contributed by atoms with Crippen molar-refractivity contribution in [1.82, 2.24) is 4.90 Å². The molecule has 1 heterocycles. The molecule has 3 aromatic carbocycles. The Labute approximate surface area is 247 Å². The van der Waals surface area contributed by atoms with E-state index in [1.54, 1.807) is 24.3 Å². The molecule has 0 saturated carbocycles. The number of hydrogen-bond acceptors (Lipinski definition) is 7. The Morgan fingerprint density at radius 3 is 2.31 bits per heavy atom. The fourth-order valence-corrected chi connectivity index (χ4v) is 4.86. The Bertz CT molecular complexity index is 1330.